The first-order valence-electron chi connectivity index (χ1n) is 5.24. The minimum Gasteiger partial charge on any atom is -0.336 e. The number of nitrogens with zero attached hydrogens (tertiary/aromatic N) is 2. The third-order valence-corrected chi connectivity index (χ3v) is 2.15. The molecule has 7 heteroatoms. The fourth-order valence-electron chi connectivity index (χ4n) is 1.19. The van der Waals surface area contributed by atoms with Crippen LogP contribution in [0.1, 0.15) is 12.0 Å². The molecule has 1 aromatic heterocycles. The molecule has 0 aliphatic rings. The van der Waals surface area contributed by atoms with Gasteiger partial charge in [0.05, 0.1) is 12.7 Å². The van der Waals surface area contributed by atoms with Gasteiger partial charge in [-0.3, -0.25) is 14.8 Å². The molecule has 1 aromatic rings. The average Bonchev–Trinajstić information content (AvgIpc) is 2.64. The molecule has 0 unspecified atom stereocenters. The van der Waals surface area contributed by atoms with Crippen molar-refractivity contribution in [2.45, 2.75) is 19.9 Å². The van der Waals surface area contributed by atoms with Crippen molar-refractivity contribution in [2.24, 2.45) is 0 Å². The molecule has 0 aliphatic heterocycles. The van der Waals surface area contributed by atoms with Gasteiger partial charge >= 0.3 is 6.03 Å². The third kappa shape index (κ3) is 5.35. The predicted octanol–water partition coefficient (Wildman–Crippen LogP) is 0.646. The Morgan fingerprint density at radius 3 is 2.88 bits per heavy atom. The Kier molecular flexibility index (Phi) is 5.48. The molecule has 0 spiro atoms. The highest BCUT2D eigenvalue weighted by molar-refractivity contribution is 6.19. The second kappa shape index (κ2) is 6.90. The zero-order valence-corrected chi connectivity index (χ0v) is 10.3. The van der Waals surface area contributed by atoms with E-state index in [9.17, 15) is 9.59 Å². The van der Waals surface area contributed by atoms with E-state index < -0.39 is 6.03 Å². The van der Waals surface area contributed by atoms with Gasteiger partial charge in [0.15, 0.2) is 0 Å². The van der Waals surface area contributed by atoms with E-state index in [0.717, 1.165) is 5.56 Å². The molecule has 0 saturated heterocycles. The Balaban J connectivity index is 2.18. The molecular formula is C10H15ClN4O2. The lowest BCUT2D eigenvalue weighted by molar-refractivity contribution is -0.119. The van der Waals surface area contributed by atoms with Gasteiger partial charge in [-0.05, 0) is 12.5 Å². The van der Waals surface area contributed by atoms with Crippen LogP contribution in [0.3, 0.4) is 0 Å². The highest BCUT2D eigenvalue weighted by atomic mass is 35.5. The van der Waals surface area contributed by atoms with E-state index in [0.29, 0.717) is 13.1 Å². The van der Waals surface area contributed by atoms with E-state index in [1.165, 1.54) is 0 Å². The van der Waals surface area contributed by atoms with E-state index in [-0.39, 0.29) is 18.2 Å². The number of carbonyl (C=O) groups excluding carboxylic acids is 2. The van der Waals surface area contributed by atoms with Crippen molar-refractivity contribution in [3.63, 3.8) is 0 Å². The van der Waals surface area contributed by atoms with E-state index in [2.05, 4.69) is 15.7 Å². The van der Waals surface area contributed by atoms with Crippen LogP contribution in [0.4, 0.5) is 4.79 Å². The van der Waals surface area contributed by atoms with Gasteiger partial charge in [0.1, 0.15) is 0 Å². The quantitative estimate of drug-likeness (QED) is 0.762. The van der Waals surface area contributed by atoms with Crippen molar-refractivity contribution < 1.29 is 9.59 Å². The molecule has 0 saturated carbocycles. The van der Waals surface area contributed by atoms with Crippen LogP contribution in [0.15, 0.2) is 12.4 Å². The molecular weight excluding hydrogens is 244 g/mol. The zero-order valence-electron chi connectivity index (χ0n) is 9.57. The lowest BCUT2D eigenvalue weighted by Crippen LogP contribution is -2.40. The van der Waals surface area contributed by atoms with E-state index >= 15 is 0 Å². The number of aromatic nitrogens is 2. The summed E-state index contributed by atoms with van der Waals surface area (Å²) in [5.41, 5.74) is 1.06. The van der Waals surface area contributed by atoms with Crippen molar-refractivity contribution in [1.82, 2.24) is 20.4 Å². The second-order valence-corrected chi connectivity index (χ2v) is 3.90. The molecule has 0 fully saturated rings. The smallest absolute Gasteiger partial charge is 0.321 e. The molecule has 0 bridgehead atoms. The Hall–Kier alpha value is -1.56. The van der Waals surface area contributed by atoms with Gasteiger partial charge in [-0.1, -0.05) is 0 Å². The molecule has 0 radical (unpaired) electrons. The number of halogens is 1. The first-order chi connectivity index (χ1) is 8.11. The van der Waals surface area contributed by atoms with Crippen molar-refractivity contribution in [2.75, 3.05) is 12.4 Å². The molecule has 6 nitrogen and oxygen atoms in total. The van der Waals surface area contributed by atoms with E-state index in [4.69, 9.17) is 11.6 Å². The summed E-state index contributed by atoms with van der Waals surface area (Å²) in [5.74, 6) is -0.182. The van der Waals surface area contributed by atoms with Crippen molar-refractivity contribution in [3.8, 4) is 0 Å². The summed E-state index contributed by atoms with van der Waals surface area (Å²) in [6, 6.07) is -0.510. The van der Waals surface area contributed by atoms with Gasteiger partial charge in [-0.25, -0.2) is 4.79 Å². The number of carbonyl (C=O) groups is 2. The number of rotatable bonds is 5. The summed E-state index contributed by atoms with van der Waals surface area (Å²) in [6.45, 7) is 2.90. The monoisotopic (exact) mass is 258 g/mol. The topological polar surface area (TPSA) is 76.0 Å². The molecule has 1 rings (SSSR count). The molecule has 0 aromatic carbocycles. The molecule has 1 heterocycles. The maximum atomic E-state index is 11.2. The average molecular weight is 259 g/mol. The molecule has 0 aliphatic carbocycles. The standard InChI is InChI=1S/C10H15ClN4O2/c1-8-6-13-15(7-8)5-4-12-10(17)14-9(16)2-3-11/h6-7H,2-5H2,1H3,(H2,12,14,16,17). The predicted molar refractivity (Wildman–Crippen MR) is 63.8 cm³/mol. The van der Waals surface area contributed by atoms with Gasteiger partial charge in [-0.2, -0.15) is 5.10 Å². The van der Waals surface area contributed by atoms with Gasteiger partial charge in [0, 0.05) is 25.0 Å². The fourth-order valence-corrected chi connectivity index (χ4v) is 1.36. The number of imide groups is 1. The summed E-state index contributed by atoms with van der Waals surface area (Å²) in [7, 11) is 0. The third-order valence-electron chi connectivity index (χ3n) is 1.96. The minimum atomic E-state index is -0.510. The highest BCUT2D eigenvalue weighted by Crippen LogP contribution is 1.92. The number of aryl methyl sites for hydroxylation is 1. The Morgan fingerprint density at radius 2 is 2.29 bits per heavy atom. The van der Waals surface area contributed by atoms with Crippen LogP contribution in [0.2, 0.25) is 0 Å². The van der Waals surface area contributed by atoms with E-state index in [1.54, 1.807) is 10.9 Å². The van der Waals surface area contributed by atoms with Crippen LogP contribution < -0.4 is 10.6 Å². The van der Waals surface area contributed by atoms with Crippen molar-refractivity contribution in [1.29, 1.82) is 0 Å². The van der Waals surface area contributed by atoms with Crippen molar-refractivity contribution in [3.05, 3.63) is 18.0 Å². The van der Waals surface area contributed by atoms with Crippen LogP contribution in [-0.2, 0) is 11.3 Å². The largest absolute Gasteiger partial charge is 0.336 e. The number of hydrogen-bond acceptors (Lipinski definition) is 3. The summed E-state index contributed by atoms with van der Waals surface area (Å²) in [4.78, 5) is 22.2. The normalized spacial score (nSPS) is 10.0. The zero-order chi connectivity index (χ0) is 12.7. The maximum absolute atomic E-state index is 11.2. The Bertz CT molecular complexity index is 391. The number of amides is 3. The maximum Gasteiger partial charge on any atom is 0.321 e. The van der Waals surface area contributed by atoms with Gasteiger partial charge < -0.3 is 5.32 Å². The van der Waals surface area contributed by atoms with Gasteiger partial charge in [0.2, 0.25) is 5.91 Å². The summed E-state index contributed by atoms with van der Waals surface area (Å²) in [6.07, 6.45) is 3.75. The molecule has 17 heavy (non-hydrogen) atoms. The van der Waals surface area contributed by atoms with Crippen LogP contribution in [0, 0.1) is 6.92 Å². The first-order valence-corrected chi connectivity index (χ1v) is 5.78. The van der Waals surface area contributed by atoms with Crippen molar-refractivity contribution >= 4 is 23.5 Å². The van der Waals surface area contributed by atoms with Crippen LogP contribution in [0.25, 0.3) is 0 Å². The summed E-state index contributed by atoms with van der Waals surface area (Å²) in [5, 5.41) is 8.79. The number of alkyl halides is 1. The highest BCUT2D eigenvalue weighted by Gasteiger charge is 2.05. The van der Waals surface area contributed by atoms with Crippen LogP contribution in [-0.4, -0.2) is 34.1 Å². The lowest BCUT2D eigenvalue weighted by atomic mass is 10.4. The second-order valence-electron chi connectivity index (χ2n) is 3.52. The number of nitrogens with one attached hydrogen (secondary N) is 2. The number of urea groups is 1. The Morgan fingerprint density at radius 1 is 1.53 bits per heavy atom. The first kappa shape index (κ1) is 13.5. The van der Waals surface area contributed by atoms with Crippen LogP contribution >= 0.6 is 11.6 Å². The van der Waals surface area contributed by atoms with Gasteiger partial charge in [0.25, 0.3) is 0 Å². The summed E-state index contributed by atoms with van der Waals surface area (Å²) < 4.78 is 1.72. The SMILES string of the molecule is Cc1cnn(CCNC(=O)NC(=O)CCCl)c1. The van der Waals surface area contributed by atoms with Gasteiger partial charge in [-0.15, -0.1) is 11.6 Å². The molecule has 0 atom stereocenters. The Labute approximate surface area is 104 Å². The molecule has 3 amide bonds. The minimum absolute atomic E-state index is 0.132. The molecule has 2 N–H and O–H groups in total. The molecule has 94 valence electrons. The lowest BCUT2D eigenvalue weighted by Gasteiger charge is -2.06. The number of hydrogen-bond donors (Lipinski definition) is 2. The summed E-state index contributed by atoms with van der Waals surface area (Å²) >= 11 is 5.36. The van der Waals surface area contributed by atoms with Crippen LogP contribution in [0.5, 0.6) is 0 Å². The fraction of sp³-hybridized carbons (Fsp3) is 0.500. The van der Waals surface area contributed by atoms with E-state index in [1.807, 2.05) is 13.1 Å².